The van der Waals surface area contributed by atoms with E-state index in [-0.39, 0.29) is 30.0 Å². The van der Waals surface area contributed by atoms with Gasteiger partial charge in [0.25, 0.3) is 0 Å². The predicted octanol–water partition coefficient (Wildman–Crippen LogP) is 2.25. The highest BCUT2D eigenvalue weighted by Crippen LogP contribution is 2.20. The van der Waals surface area contributed by atoms with Crippen molar-refractivity contribution in [3.8, 4) is 0 Å². The lowest BCUT2D eigenvalue weighted by atomic mass is 10.1. The Labute approximate surface area is 139 Å². The monoisotopic (exact) mass is 327 g/mol. The van der Waals surface area contributed by atoms with E-state index in [0.717, 1.165) is 5.56 Å². The molecule has 1 aliphatic heterocycles. The number of aromatic nitrogens is 1. The maximum atomic E-state index is 12.9. The zero-order valence-electron chi connectivity index (χ0n) is 13.1. The van der Waals surface area contributed by atoms with Crippen LogP contribution in [0.5, 0.6) is 0 Å². The Morgan fingerprint density at radius 2 is 2.08 bits per heavy atom. The van der Waals surface area contributed by atoms with Crippen molar-refractivity contribution in [1.82, 2.24) is 9.88 Å². The zero-order chi connectivity index (χ0) is 16.9. The molecule has 1 aliphatic rings. The Kier molecular flexibility index (Phi) is 4.84. The maximum Gasteiger partial charge on any atom is 0.229 e. The molecular formula is C18H18FN3O2. The molecule has 1 atom stereocenters. The van der Waals surface area contributed by atoms with Crippen LogP contribution in [-0.2, 0) is 16.0 Å². The van der Waals surface area contributed by atoms with Gasteiger partial charge in [-0.2, -0.15) is 0 Å². The number of pyridine rings is 1. The van der Waals surface area contributed by atoms with Gasteiger partial charge in [-0.1, -0.05) is 12.1 Å². The number of likely N-dealkylation sites (tertiary alicyclic amines) is 1. The van der Waals surface area contributed by atoms with Crippen molar-refractivity contribution in [2.45, 2.75) is 12.8 Å². The third-order valence-corrected chi connectivity index (χ3v) is 4.10. The molecule has 0 saturated carbocycles. The fourth-order valence-electron chi connectivity index (χ4n) is 2.76. The smallest absolute Gasteiger partial charge is 0.229 e. The van der Waals surface area contributed by atoms with Crippen LogP contribution >= 0.6 is 0 Å². The van der Waals surface area contributed by atoms with Crippen LogP contribution in [0.15, 0.2) is 48.8 Å². The summed E-state index contributed by atoms with van der Waals surface area (Å²) >= 11 is 0. The molecule has 1 aromatic heterocycles. The number of nitrogens with zero attached hydrogens (tertiary/aromatic N) is 2. The SMILES string of the molecule is O=C(Nc1cccnc1)[C@H]1CC(=O)N(CCc2ccc(F)cc2)C1. The highest BCUT2D eigenvalue weighted by molar-refractivity contribution is 5.97. The summed E-state index contributed by atoms with van der Waals surface area (Å²) in [6, 6.07) is 9.74. The number of nitrogens with one attached hydrogen (secondary N) is 1. The van der Waals surface area contributed by atoms with Crippen molar-refractivity contribution in [1.29, 1.82) is 0 Å². The summed E-state index contributed by atoms with van der Waals surface area (Å²) in [4.78, 5) is 30.0. The van der Waals surface area contributed by atoms with E-state index in [9.17, 15) is 14.0 Å². The Bertz CT molecular complexity index is 719. The van der Waals surface area contributed by atoms with Crippen molar-refractivity contribution in [3.05, 3.63) is 60.2 Å². The minimum Gasteiger partial charge on any atom is -0.342 e. The van der Waals surface area contributed by atoms with Gasteiger partial charge in [-0.15, -0.1) is 0 Å². The van der Waals surface area contributed by atoms with Gasteiger partial charge in [0.2, 0.25) is 11.8 Å². The van der Waals surface area contributed by atoms with Gasteiger partial charge >= 0.3 is 0 Å². The highest BCUT2D eigenvalue weighted by Gasteiger charge is 2.33. The first-order chi connectivity index (χ1) is 11.6. The van der Waals surface area contributed by atoms with Crippen LogP contribution in [0.2, 0.25) is 0 Å². The van der Waals surface area contributed by atoms with Gasteiger partial charge in [0.1, 0.15) is 5.82 Å². The largest absolute Gasteiger partial charge is 0.342 e. The molecule has 2 amide bonds. The van der Waals surface area contributed by atoms with E-state index in [4.69, 9.17) is 0 Å². The fraction of sp³-hybridized carbons (Fsp3) is 0.278. The van der Waals surface area contributed by atoms with Gasteiger partial charge in [0.05, 0.1) is 17.8 Å². The Balaban J connectivity index is 1.53. The second kappa shape index (κ2) is 7.21. The summed E-state index contributed by atoms with van der Waals surface area (Å²) in [6.07, 6.45) is 4.06. The predicted molar refractivity (Wildman–Crippen MR) is 87.7 cm³/mol. The van der Waals surface area contributed by atoms with E-state index in [1.54, 1.807) is 41.6 Å². The maximum absolute atomic E-state index is 12.9. The van der Waals surface area contributed by atoms with Crippen molar-refractivity contribution >= 4 is 17.5 Å². The Morgan fingerprint density at radius 3 is 2.79 bits per heavy atom. The van der Waals surface area contributed by atoms with E-state index in [2.05, 4.69) is 10.3 Å². The summed E-state index contributed by atoms with van der Waals surface area (Å²) in [5.74, 6) is -0.821. The summed E-state index contributed by atoms with van der Waals surface area (Å²) < 4.78 is 12.9. The molecule has 0 spiro atoms. The molecule has 1 aromatic carbocycles. The van der Waals surface area contributed by atoms with E-state index < -0.39 is 0 Å². The third kappa shape index (κ3) is 3.95. The lowest BCUT2D eigenvalue weighted by Crippen LogP contribution is -2.30. The molecule has 24 heavy (non-hydrogen) atoms. The quantitative estimate of drug-likeness (QED) is 0.916. The Hall–Kier alpha value is -2.76. The number of carbonyl (C=O) groups excluding carboxylic acids is 2. The van der Waals surface area contributed by atoms with Gasteiger partial charge < -0.3 is 10.2 Å². The zero-order valence-corrected chi connectivity index (χ0v) is 13.1. The number of benzene rings is 1. The number of amides is 2. The van der Waals surface area contributed by atoms with Crippen LogP contribution in [0.1, 0.15) is 12.0 Å². The number of carbonyl (C=O) groups is 2. The summed E-state index contributed by atoms with van der Waals surface area (Å²) in [6.45, 7) is 0.938. The average Bonchev–Trinajstić information content (AvgIpc) is 2.96. The number of hydrogen-bond acceptors (Lipinski definition) is 3. The molecule has 1 N–H and O–H groups in total. The van der Waals surface area contributed by atoms with Gasteiger partial charge in [-0.3, -0.25) is 14.6 Å². The topological polar surface area (TPSA) is 62.3 Å². The fourth-order valence-corrected chi connectivity index (χ4v) is 2.76. The lowest BCUT2D eigenvalue weighted by molar-refractivity contribution is -0.128. The van der Waals surface area contributed by atoms with Gasteiger partial charge in [0, 0.05) is 25.7 Å². The summed E-state index contributed by atoms with van der Waals surface area (Å²) in [5, 5.41) is 2.78. The van der Waals surface area contributed by atoms with E-state index in [1.807, 2.05) is 0 Å². The molecule has 2 heterocycles. The van der Waals surface area contributed by atoms with E-state index in [0.29, 0.717) is 25.2 Å². The van der Waals surface area contributed by atoms with Crippen LogP contribution in [0.25, 0.3) is 0 Å². The van der Waals surface area contributed by atoms with Gasteiger partial charge in [-0.25, -0.2) is 4.39 Å². The Morgan fingerprint density at radius 1 is 1.29 bits per heavy atom. The molecule has 0 unspecified atom stereocenters. The molecule has 1 fully saturated rings. The molecule has 1 saturated heterocycles. The minimum atomic E-state index is -0.356. The number of rotatable bonds is 5. The molecule has 6 heteroatoms. The second-order valence-corrected chi connectivity index (χ2v) is 5.85. The summed E-state index contributed by atoms with van der Waals surface area (Å²) in [7, 11) is 0. The second-order valence-electron chi connectivity index (χ2n) is 5.85. The number of halogens is 1. The van der Waals surface area contributed by atoms with Crippen LogP contribution in [-0.4, -0.2) is 34.8 Å². The molecule has 5 nitrogen and oxygen atoms in total. The van der Waals surface area contributed by atoms with Crippen molar-refractivity contribution < 1.29 is 14.0 Å². The normalized spacial score (nSPS) is 17.1. The molecular weight excluding hydrogens is 309 g/mol. The molecule has 0 bridgehead atoms. The summed E-state index contributed by atoms with van der Waals surface area (Å²) in [5.41, 5.74) is 1.59. The van der Waals surface area contributed by atoms with Crippen LogP contribution < -0.4 is 5.32 Å². The van der Waals surface area contributed by atoms with Crippen LogP contribution in [0.4, 0.5) is 10.1 Å². The molecule has 2 aromatic rings. The minimum absolute atomic E-state index is 0.0246. The first-order valence-corrected chi connectivity index (χ1v) is 7.85. The number of hydrogen-bond donors (Lipinski definition) is 1. The average molecular weight is 327 g/mol. The standard InChI is InChI=1S/C18H18FN3O2/c19-15-5-3-13(4-6-15)7-9-22-12-14(10-17(22)23)18(24)21-16-2-1-8-20-11-16/h1-6,8,11,14H,7,9-10,12H2,(H,21,24)/t14-/m0/s1. The van der Waals surface area contributed by atoms with Crippen LogP contribution in [0.3, 0.4) is 0 Å². The molecule has 0 aliphatic carbocycles. The highest BCUT2D eigenvalue weighted by atomic mass is 19.1. The molecule has 124 valence electrons. The van der Waals surface area contributed by atoms with Gasteiger partial charge in [-0.05, 0) is 36.2 Å². The van der Waals surface area contributed by atoms with Gasteiger partial charge in [0.15, 0.2) is 0 Å². The first kappa shape index (κ1) is 16.1. The van der Waals surface area contributed by atoms with E-state index in [1.165, 1.54) is 12.1 Å². The third-order valence-electron chi connectivity index (χ3n) is 4.10. The van der Waals surface area contributed by atoms with Crippen molar-refractivity contribution in [2.24, 2.45) is 5.92 Å². The molecule has 0 radical (unpaired) electrons. The van der Waals surface area contributed by atoms with Crippen LogP contribution in [0, 0.1) is 11.7 Å². The van der Waals surface area contributed by atoms with E-state index >= 15 is 0 Å². The van der Waals surface area contributed by atoms with Crippen molar-refractivity contribution in [3.63, 3.8) is 0 Å². The number of anilines is 1. The van der Waals surface area contributed by atoms with Crippen molar-refractivity contribution in [2.75, 3.05) is 18.4 Å². The first-order valence-electron chi connectivity index (χ1n) is 7.85. The lowest BCUT2D eigenvalue weighted by Gasteiger charge is -2.16. The molecule has 3 rings (SSSR count).